The standard InChI is InChI=1S/C73H118O6/c1-4-7-10-13-16-19-22-25-27-29-30-31-32-33-34-35-36-37-38-39-40-41-42-44-45-48-51-54-57-60-63-66-72(75)78-69-70(68-77-71(74)65-62-59-56-53-50-47-24-21-18-15-12-9-6-3)79-73(76)67-64-61-58-55-52-49-46-43-28-26-23-20-17-14-11-8-5-2/h7-8,10-11,16-17,19-20,25-28,30-31,33-34,36-37,39-40,42,44,48,51,70H,4-6,9,12-15,18,21-24,29,32,35,38,41,43,45-47,49-50,52-69H2,1-3H3/b10-7-,11-8-,19-16-,20-17-,27-25-,28-26-,31-30-,34-33-,37-36-,40-39-,44-42-,51-48-. The van der Waals surface area contributed by atoms with Crippen molar-refractivity contribution in [3.63, 3.8) is 0 Å². The second-order valence-electron chi connectivity index (χ2n) is 20.9. The molecule has 6 nitrogen and oxygen atoms in total. The van der Waals surface area contributed by atoms with Gasteiger partial charge in [0.05, 0.1) is 0 Å². The lowest BCUT2D eigenvalue weighted by Crippen LogP contribution is -2.30. The topological polar surface area (TPSA) is 78.9 Å². The van der Waals surface area contributed by atoms with Gasteiger partial charge in [-0.1, -0.05) is 282 Å². The van der Waals surface area contributed by atoms with Crippen LogP contribution in [-0.4, -0.2) is 37.2 Å². The van der Waals surface area contributed by atoms with E-state index in [1.165, 1.54) is 89.9 Å². The molecule has 0 aliphatic rings. The Bertz CT molecular complexity index is 1730. The van der Waals surface area contributed by atoms with Crippen LogP contribution in [0.5, 0.6) is 0 Å². The monoisotopic (exact) mass is 1090 g/mol. The van der Waals surface area contributed by atoms with Crippen molar-refractivity contribution >= 4 is 17.9 Å². The molecule has 0 fully saturated rings. The molecule has 0 aliphatic carbocycles. The minimum atomic E-state index is -0.802. The Morgan fingerprint density at radius 3 is 0.785 bits per heavy atom. The van der Waals surface area contributed by atoms with Crippen LogP contribution in [0.4, 0.5) is 0 Å². The fourth-order valence-corrected chi connectivity index (χ4v) is 8.57. The lowest BCUT2D eigenvalue weighted by atomic mass is 10.0. The van der Waals surface area contributed by atoms with Gasteiger partial charge in [0.1, 0.15) is 13.2 Å². The first kappa shape index (κ1) is 74.3. The van der Waals surface area contributed by atoms with E-state index in [0.29, 0.717) is 19.3 Å². The zero-order valence-electron chi connectivity index (χ0n) is 51.1. The molecule has 6 heteroatoms. The van der Waals surface area contributed by atoms with E-state index in [0.717, 1.165) is 148 Å². The third-order valence-electron chi connectivity index (χ3n) is 13.3. The second kappa shape index (κ2) is 65.8. The van der Waals surface area contributed by atoms with Crippen LogP contribution >= 0.6 is 0 Å². The van der Waals surface area contributed by atoms with Crippen LogP contribution in [0.25, 0.3) is 0 Å². The molecule has 0 saturated heterocycles. The van der Waals surface area contributed by atoms with Gasteiger partial charge in [-0.05, 0) is 122 Å². The largest absolute Gasteiger partial charge is 0.462 e. The van der Waals surface area contributed by atoms with E-state index < -0.39 is 6.10 Å². The van der Waals surface area contributed by atoms with Gasteiger partial charge in [-0.3, -0.25) is 14.4 Å². The molecular weight excluding hydrogens is 973 g/mol. The number of allylic oxidation sites excluding steroid dienone is 24. The SMILES string of the molecule is CC/C=C\C/C=C\C/C=C\C/C=C\C/C=C\C/C=C\C/C=C\C/C=C\C/C=C\CCCCCC(=O)OCC(COC(=O)CCCCCCCCCCCCCCC)OC(=O)CCCCCCCCC/C=C\C/C=C\C/C=C\CC. The zero-order valence-corrected chi connectivity index (χ0v) is 51.1. The molecule has 0 aromatic rings. The number of carbonyl (C=O) groups excluding carboxylic acids is 3. The van der Waals surface area contributed by atoms with Gasteiger partial charge in [-0.15, -0.1) is 0 Å². The first-order chi connectivity index (χ1) is 39.0. The summed E-state index contributed by atoms with van der Waals surface area (Å²) in [5.41, 5.74) is 0. The van der Waals surface area contributed by atoms with Crippen molar-refractivity contribution in [1.82, 2.24) is 0 Å². The highest BCUT2D eigenvalue weighted by Crippen LogP contribution is 2.15. The van der Waals surface area contributed by atoms with Gasteiger partial charge in [0, 0.05) is 19.3 Å². The van der Waals surface area contributed by atoms with Gasteiger partial charge >= 0.3 is 17.9 Å². The maximum atomic E-state index is 12.9. The Labute approximate surface area is 487 Å². The molecule has 0 rings (SSSR count). The van der Waals surface area contributed by atoms with Crippen molar-refractivity contribution in [1.29, 1.82) is 0 Å². The lowest BCUT2D eigenvalue weighted by molar-refractivity contribution is -0.167. The normalized spacial score (nSPS) is 13.1. The average molecular weight is 1090 g/mol. The number of hydrogen-bond acceptors (Lipinski definition) is 6. The zero-order chi connectivity index (χ0) is 57.1. The van der Waals surface area contributed by atoms with E-state index in [2.05, 4.69) is 167 Å². The number of hydrogen-bond donors (Lipinski definition) is 0. The third kappa shape index (κ3) is 64.0. The molecule has 0 N–H and O–H groups in total. The number of unbranched alkanes of at least 4 members (excludes halogenated alkanes) is 22. The third-order valence-corrected chi connectivity index (χ3v) is 13.3. The minimum absolute atomic E-state index is 0.0951. The summed E-state index contributed by atoms with van der Waals surface area (Å²) in [6.07, 6.45) is 94.2. The summed E-state index contributed by atoms with van der Waals surface area (Å²) in [7, 11) is 0. The molecule has 0 bridgehead atoms. The average Bonchev–Trinajstić information content (AvgIpc) is 3.45. The maximum Gasteiger partial charge on any atom is 0.306 e. The van der Waals surface area contributed by atoms with Crippen molar-refractivity contribution in [2.75, 3.05) is 13.2 Å². The molecule has 79 heavy (non-hydrogen) atoms. The summed E-state index contributed by atoms with van der Waals surface area (Å²) in [5.74, 6) is -0.938. The van der Waals surface area contributed by atoms with E-state index in [1.807, 2.05) is 0 Å². The number of ether oxygens (including phenoxy) is 3. The number of esters is 3. The Hall–Kier alpha value is -4.71. The van der Waals surface area contributed by atoms with Crippen LogP contribution in [0.2, 0.25) is 0 Å². The van der Waals surface area contributed by atoms with Gasteiger partial charge in [0.2, 0.25) is 0 Å². The molecule has 446 valence electrons. The highest BCUT2D eigenvalue weighted by Gasteiger charge is 2.19. The predicted molar refractivity (Wildman–Crippen MR) is 343 cm³/mol. The predicted octanol–water partition coefficient (Wildman–Crippen LogP) is 22.3. The summed E-state index contributed by atoms with van der Waals surface area (Å²) < 4.78 is 16.9. The van der Waals surface area contributed by atoms with E-state index in [9.17, 15) is 14.4 Å². The molecule has 0 saturated carbocycles. The number of carbonyl (C=O) groups is 3. The van der Waals surface area contributed by atoms with Crippen molar-refractivity contribution < 1.29 is 28.6 Å². The van der Waals surface area contributed by atoms with Gasteiger partial charge < -0.3 is 14.2 Å². The van der Waals surface area contributed by atoms with Gasteiger partial charge in [-0.25, -0.2) is 0 Å². The van der Waals surface area contributed by atoms with Crippen LogP contribution in [-0.2, 0) is 28.6 Å². The summed E-state index contributed by atoms with van der Waals surface area (Å²) >= 11 is 0. The van der Waals surface area contributed by atoms with E-state index >= 15 is 0 Å². The van der Waals surface area contributed by atoms with Crippen LogP contribution < -0.4 is 0 Å². The summed E-state index contributed by atoms with van der Waals surface area (Å²) in [6, 6.07) is 0. The van der Waals surface area contributed by atoms with Crippen molar-refractivity contribution in [3.8, 4) is 0 Å². The molecule has 1 atom stereocenters. The Morgan fingerprint density at radius 2 is 0.494 bits per heavy atom. The smallest absolute Gasteiger partial charge is 0.306 e. The molecule has 0 radical (unpaired) electrons. The first-order valence-corrected chi connectivity index (χ1v) is 32.3. The fraction of sp³-hybridized carbons (Fsp3) is 0.630. The van der Waals surface area contributed by atoms with Crippen molar-refractivity contribution in [2.24, 2.45) is 0 Å². The Balaban J connectivity index is 4.40. The highest BCUT2D eigenvalue weighted by molar-refractivity contribution is 5.71. The van der Waals surface area contributed by atoms with Gasteiger partial charge in [0.25, 0.3) is 0 Å². The Kier molecular flexibility index (Phi) is 61.9. The summed E-state index contributed by atoms with van der Waals surface area (Å²) in [4.78, 5) is 38.3. The summed E-state index contributed by atoms with van der Waals surface area (Å²) in [6.45, 7) is 6.38. The molecule has 0 spiro atoms. The molecule has 0 heterocycles. The molecular formula is C73H118O6. The van der Waals surface area contributed by atoms with Gasteiger partial charge in [-0.2, -0.15) is 0 Å². The molecule has 1 unspecified atom stereocenters. The first-order valence-electron chi connectivity index (χ1n) is 32.3. The van der Waals surface area contributed by atoms with Gasteiger partial charge in [0.15, 0.2) is 6.10 Å². The lowest BCUT2D eigenvalue weighted by Gasteiger charge is -2.18. The quantitative estimate of drug-likeness (QED) is 0.0261. The molecule has 0 aromatic carbocycles. The van der Waals surface area contributed by atoms with E-state index in [4.69, 9.17) is 14.2 Å². The minimum Gasteiger partial charge on any atom is -0.462 e. The van der Waals surface area contributed by atoms with E-state index in [1.54, 1.807) is 0 Å². The fourth-order valence-electron chi connectivity index (χ4n) is 8.57. The maximum absolute atomic E-state index is 12.9. The molecule has 0 amide bonds. The van der Waals surface area contributed by atoms with E-state index in [-0.39, 0.29) is 31.1 Å². The second-order valence-corrected chi connectivity index (χ2v) is 20.9. The summed E-state index contributed by atoms with van der Waals surface area (Å²) in [5, 5.41) is 0. The number of rotatable bonds is 57. The molecule has 0 aliphatic heterocycles. The van der Waals surface area contributed by atoms with Crippen LogP contribution in [0.3, 0.4) is 0 Å². The van der Waals surface area contributed by atoms with Crippen LogP contribution in [0.1, 0.15) is 278 Å². The van der Waals surface area contributed by atoms with Crippen LogP contribution in [0, 0.1) is 0 Å². The van der Waals surface area contributed by atoms with Crippen molar-refractivity contribution in [3.05, 3.63) is 146 Å². The van der Waals surface area contributed by atoms with Crippen LogP contribution in [0.15, 0.2) is 146 Å². The molecule has 0 aromatic heterocycles. The Morgan fingerprint density at radius 1 is 0.266 bits per heavy atom. The highest BCUT2D eigenvalue weighted by atomic mass is 16.6. The van der Waals surface area contributed by atoms with Crippen molar-refractivity contribution in [2.45, 2.75) is 284 Å².